The predicted molar refractivity (Wildman–Crippen MR) is 71.8 cm³/mol. The molecular weight excluding hydrogens is 297 g/mol. The summed E-state index contributed by atoms with van der Waals surface area (Å²) in [6.07, 6.45) is -0.989. The number of thioether (sulfide) groups is 1. The van der Waals surface area contributed by atoms with E-state index in [1.807, 2.05) is 13.8 Å². The Bertz CT molecular complexity index is 471. The van der Waals surface area contributed by atoms with Crippen LogP contribution in [0.3, 0.4) is 0 Å². The van der Waals surface area contributed by atoms with E-state index >= 15 is 0 Å². The van der Waals surface area contributed by atoms with E-state index in [2.05, 4.69) is 10.1 Å². The van der Waals surface area contributed by atoms with Crippen molar-refractivity contribution in [3.05, 3.63) is 22.5 Å². The Balaban J connectivity index is 2.52. The van der Waals surface area contributed by atoms with Crippen LogP contribution in [-0.4, -0.2) is 23.6 Å². The molecule has 0 unspecified atom stereocenters. The molecule has 0 aliphatic rings. The normalized spacial score (nSPS) is 11.0. The highest BCUT2D eigenvalue weighted by Gasteiger charge is 2.09. The molecule has 0 saturated heterocycles. The van der Waals surface area contributed by atoms with Crippen LogP contribution in [0.5, 0.6) is 0 Å². The molecule has 19 heavy (non-hydrogen) atoms. The number of oxime groups is 1. The fourth-order valence-electron chi connectivity index (χ4n) is 1.05. The minimum absolute atomic E-state index is 0.220. The van der Waals surface area contributed by atoms with Gasteiger partial charge in [-0.05, 0) is 13.8 Å². The third kappa shape index (κ3) is 5.65. The Kier molecular flexibility index (Phi) is 6.93. The van der Waals surface area contributed by atoms with Gasteiger partial charge in [0.05, 0.1) is 16.8 Å². The van der Waals surface area contributed by atoms with Crippen LogP contribution in [0.4, 0.5) is 13.2 Å². The van der Waals surface area contributed by atoms with Crippen molar-refractivity contribution in [2.75, 3.05) is 12.4 Å². The molecule has 3 nitrogen and oxygen atoms in total. The van der Waals surface area contributed by atoms with Crippen LogP contribution >= 0.6 is 23.1 Å². The number of aromatic nitrogens is 1. The van der Waals surface area contributed by atoms with Gasteiger partial charge in [-0.25, -0.2) is 9.37 Å². The summed E-state index contributed by atoms with van der Waals surface area (Å²) >= 11 is 2.60. The molecule has 0 aliphatic carbocycles. The predicted octanol–water partition coefficient (Wildman–Crippen LogP) is 4.38. The van der Waals surface area contributed by atoms with Gasteiger partial charge >= 0.3 is 6.08 Å². The van der Waals surface area contributed by atoms with Crippen LogP contribution in [0.1, 0.15) is 23.9 Å². The van der Waals surface area contributed by atoms with Gasteiger partial charge in [-0.2, -0.15) is 8.78 Å². The van der Waals surface area contributed by atoms with Crippen molar-refractivity contribution in [2.24, 2.45) is 5.16 Å². The smallest absolute Gasteiger partial charge is 0.301 e. The van der Waals surface area contributed by atoms with Crippen molar-refractivity contribution in [2.45, 2.75) is 24.6 Å². The van der Waals surface area contributed by atoms with Crippen LogP contribution in [-0.2, 0) is 4.84 Å². The molecule has 0 spiro atoms. The van der Waals surface area contributed by atoms with E-state index in [1.165, 1.54) is 23.1 Å². The molecule has 1 rings (SSSR count). The van der Waals surface area contributed by atoms with Gasteiger partial charge in [-0.3, -0.25) is 0 Å². The molecule has 0 aromatic carbocycles. The van der Waals surface area contributed by atoms with Crippen LogP contribution < -0.4 is 0 Å². The SMILES string of the molecule is CCO/N=C\c1sc(SCCC(F)=C(F)F)nc1C. The van der Waals surface area contributed by atoms with Crippen molar-refractivity contribution in [3.8, 4) is 0 Å². The molecule has 0 radical (unpaired) electrons. The van der Waals surface area contributed by atoms with Gasteiger partial charge in [0.25, 0.3) is 0 Å². The summed E-state index contributed by atoms with van der Waals surface area (Å²) < 4.78 is 37.0. The Labute approximate surface area is 117 Å². The molecule has 0 fully saturated rings. The lowest BCUT2D eigenvalue weighted by Crippen LogP contribution is -1.84. The highest BCUT2D eigenvalue weighted by atomic mass is 32.2. The lowest BCUT2D eigenvalue weighted by Gasteiger charge is -1.94. The van der Waals surface area contributed by atoms with Crippen molar-refractivity contribution in [3.63, 3.8) is 0 Å². The lowest BCUT2D eigenvalue weighted by atomic mass is 10.4. The summed E-state index contributed by atoms with van der Waals surface area (Å²) in [6, 6.07) is 0. The number of allylic oxidation sites excluding steroid dienone is 1. The van der Waals surface area contributed by atoms with E-state index in [4.69, 9.17) is 4.84 Å². The van der Waals surface area contributed by atoms with Gasteiger partial charge in [0.15, 0.2) is 10.2 Å². The zero-order valence-electron chi connectivity index (χ0n) is 10.5. The molecule has 106 valence electrons. The van der Waals surface area contributed by atoms with Crippen molar-refractivity contribution >= 4 is 29.3 Å². The molecule has 0 saturated carbocycles. The third-order valence-corrected chi connectivity index (χ3v) is 4.18. The van der Waals surface area contributed by atoms with Gasteiger partial charge < -0.3 is 4.84 Å². The van der Waals surface area contributed by atoms with E-state index in [0.29, 0.717) is 10.9 Å². The monoisotopic (exact) mass is 310 g/mol. The Morgan fingerprint density at radius 2 is 2.21 bits per heavy atom. The zero-order valence-corrected chi connectivity index (χ0v) is 12.1. The van der Waals surface area contributed by atoms with Crippen LogP contribution in [0.15, 0.2) is 21.4 Å². The highest BCUT2D eigenvalue weighted by Crippen LogP contribution is 2.28. The van der Waals surface area contributed by atoms with Gasteiger partial charge in [0, 0.05) is 12.2 Å². The lowest BCUT2D eigenvalue weighted by molar-refractivity contribution is 0.160. The first-order valence-corrected chi connectivity index (χ1v) is 7.30. The second-order valence-corrected chi connectivity index (χ2v) is 5.72. The summed E-state index contributed by atoms with van der Waals surface area (Å²) in [7, 11) is 0. The second-order valence-electron chi connectivity index (χ2n) is 3.35. The molecule has 1 heterocycles. The molecule has 0 atom stereocenters. The van der Waals surface area contributed by atoms with Gasteiger partial charge in [0.2, 0.25) is 0 Å². The largest absolute Gasteiger partial charge is 0.396 e. The molecule has 1 aromatic rings. The summed E-state index contributed by atoms with van der Waals surface area (Å²) in [4.78, 5) is 9.92. The van der Waals surface area contributed by atoms with Crippen LogP contribution in [0.2, 0.25) is 0 Å². The van der Waals surface area contributed by atoms with E-state index in [9.17, 15) is 13.2 Å². The summed E-state index contributed by atoms with van der Waals surface area (Å²) in [5, 5.41) is 3.74. The average Bonchev–Trinajstić information content (AvgIpc) is 2.70. The maximum atomic E-state index is 12.6. The van der Waals surface area contributed by atoms with Crippen LogP contribution in [0, 0.1) is 6.92 Å². The molecule has 1 aromatic heterocycles. The average molecular weight is 310 g/mol. The number of hydrogen-bond acceptors (Lipinski definition) is 5. The molecular formula is C11H13F3N2OS2. The summed E-state index contributed by atoms with van der Waals surface area (Å²) in [6.45, 7) is 4.12. The Hall–Kier alpha value is -1.02. The van der Waals surface area contributed by atoms with E-state index in [0.717, 1.165) is 10.6 Å². The topological polar surface area (TPSA) is 34.5 Å². The van der Waals surface area contributed by atoms with Crippen molar-refractivity contribution in [1.29, 1.82) is 0 Å². The number of nitrogens with zero attached hydrogens (tertiary/aromatic N) is 2. The van der Waals surface area contributed by atoms with Crippen molar-refractivity contribution in [1.82, 2.24) is 4.98 Å². The van der Waals surface area contributed by atoms with E-state index in [1.54, 1.807) is 6.21 Å². The quantitative estimate of drug-likeness (QED) is 0.426. The molecule has 0 amide bonds. The number of hydrogen-bond donors (Lipinski definition) is 0. The summed E-state index contributed by atoms with van der Waals surface area (Å²) in [5.41, 5.74) is 0.781. The minimum Gasteiger partial charge on any atom is -0.396 e. The van der Waals surface area contributed by atoms with Gasteiger partial charge in [0.1, 0.15) is 6.61 Å². The number of thiazole rings is 1. The first-order valence-electron chi connectivity index (χ1n) is 5.49. The third-order valence-electron chi connectivity index (χ3n) is 1.94. The molecule has 8 heteroatoms. The first kappa shape index (κ1) is 16.0. The van der Waals surface area contributed by atoms with E-state index in [-0.39, 0.29) is 12.2 Å². The molecule has 0 aliphatic heterocycles. The zero-order chi connectivity index (χ0) is 14.3. The maximum absolute atomic E-state index is 12.6. The maximum Gasteiger partial charge on any atom is 0.301 e. The van der Waals surface area contributed by atoms with Crippen LogP contribution in [0.25, 0.3) is 0 Å². The Morgan fingerprint density at radius 3 is 2.84 bits per heavy atom. The fraction of sp³-hybridized carbons (Fsp3) is 0.455. The van der Waals surface area contributed by atoms with Gasteiger partial charge in [-0.1, -0.05) is 16.9 Å². The van der Waals surface area contributed by atoms with Crippen molar-refractivity contribution < 1.29 is 18.0 Å². The minimum atomic E-state index is -2.25. The molecule has 0 bridgehead atoms. The first-order chi connectivity index (χ1) is 9.04. The van der Waals surface area contributed by atoms with Gasteiger partial charge in [-0.15, -0.1) is 11.3 Å². The number of aryl methyl sites for hydroxylation is 1. The standard InChI is InChI=1S/C11H13F3N2OS2/c1-3-17-15-6-9-7(2)16-11(19-9)18-5-4-8(12)10(13)14/h6H,3-5H2,1-2H3/b15-6-. The highest BCUT2D eigenvalue weighted by molar-refractivity contribution is 8.01. The van der Waals surface area contributed by atoms with E-state index < -0.39 is 11.9 Å². The summed E-state index contributed by atoms with van der Waals surface area (Å²) in [5.74, 6) is -1.14. The second kappa shape index (κ2) is 8.21. The molecule has 0 N–H and O–H groups in total. The number of rotatable bonds is 7. The number of halogens is 3. The fourth-order valence-corrected chi connectivity index (χ4v) is 3.12. The Morgan fingerprint density at radius 1 is 1.47 bits per heavy atom.